The van der Waals surface area contributed by atoms with Gasteiger partial charge in [0.15, 0.2) is 4.34 Å². The second-order valence-corrected chi connectivity index (χ2v) is 7.87. The van der Waals surface area contributed by atoms with Gasteiger partial charge in [-0.05, 0) is 31.0 Å². The first-order valence-corrected chi connectivity index (χ1v) is 10.0. The van der Waals surface area contributed by atoms with E-state index in [9.17, 15) is 0 Å². The molecule has 6 heteroatoms. The van der Waals surface area contributed by atoms with E-state index < -0.39 is 0 Å². The highest BCUT2D eigenvalue weighted by Crippen LogP contribution is 2.25. The molecule has 25 heavy (non-hydrogen) atoms. The van der Waals surface area contributed by atoms with E-state index in [2.05, 4.69) is 58.8 Å². The zero-order valence-electron chi connectivity index (χ0n) is 14.1. The number of hydrogen-bond acceptors (Lipinski definition) is 6. The van der Waals surface area contributed by atoms with Gasteiger partial charge < -0.3 is 10.1 Å². The third-order valence-corrected chi connectivity index (χ3v) is 5.52. The molecule has 3 aromatic rings. The maximum absolute atomic E-state index is 5.72. The second kappa shape index (κ2) is 9.44. The number of aromatic nitrogens is 2. The Bertz CT molecular complexity index is 760. The average molecular weight is 372 g/mol. The molecule has 1 aromatic heterocycles. The van der Waals surface area contributed by atoms with Gasteiger partial charge in [-0.1, -0.05) is 71.1 Å². The number of benzene rings is 2. The van der Waals surface area contributed by atoms with E-state index in [0.29, 0.717) is 6.61 Å². The van der Waals surface area contributed by atoms with Crippen LogP contribution >= 0.6 is 23.1 Å². The highest BCUT2D eigenvalue weighted by molar-refractivity contribution is 8.01. The van der Waals surface area contributed by atoms with Crippen LogP contribution in [-0.4, -0.2) is 29.1 Å². The smallest absolute Gasteiger partial charge is 0.206 e. The van der Waals surface area contributed by atoms with Crippen molar-refractivity contribution in [1.29, 1.82) is 0 Å². The van der Waals surface area contributed by atoms with Gasteiger partial charge in [0.25, 0.3) is 0 Å². The van der Waals surface area contributed by atoms with Crippen LogP contribution in [0.2, 0.25) is 0 Å². The van der Waals surface area contributed by atoms with Crippen LogP contribution in [0.4, 0.5) is 5.13 Å². The first-order chi connectivity index (χ1) is 12.3. The maximum atomic E-state index is 5.72. The largest absolute Gasteiger partial charge is 0.493 e. The van der Waals surface area contributed by atoms with Crippen LogP contribution in [0, 0.1) is 6.92 Å². The number of anilines is 1. The molecule has 0 aliphatic carbocycles. The molecule has 4 nitrogen and oxygen atoms in total. The van der Waals surface area contributed by atoms with Gasteiger partial charge in [-0.3, -0.25) is 0 Å². The SMILES string of the molecule is Cc1ccc(OCCSc2nnc(NCCc3ccccc3)s2)cc1. The number of nitrogens with one attached hydrogen (secondary N) is 1. The number of aryl methyl sites for hydroxylation is 1. The number of hydrogen-bond donors (Lipinski definition) is 1. The standard InChI is InChI=1S/C19H21N3OS2/c1-15-7-9-17(10-8-15)23-13-14-24-19-22-21-18(25-19)20-12-11-16-5-3-2-4-6-16/h2-10H,11-14H2,1H3,(H,20,21). The van der Waals surface area contributed by atoms with Crippen molar-refractivity contribution in [3.05, 3.63) is 65.7 Å². The molecule has 0 amide bonds. The van der Waals surface area contributed by atoms with Crippen molar-refractivity contribution in [3.8, 4) is 5.75 Å². The van der Waals surface area contributed by atoms with Crippen LogP contribution < -0.4 is 10.1 Å². The van der Waals surface area contributed by atoms with E-state index in [1.54, 1.807) is 23.1 Å². The molecular formula is C19H21N3OS2. The summed E-state index contributed by atoms with van der Waals surface area (Å²) < 4.78 is 6.69. The lowest BCUT2D eigenvalue weighted by molar-refractivity contribution is 0.344. The molecule has 0 aliphatic heterocycles. The second-order valence-electron chi connectivity index (χ2n) is 5.55. The van der Waals surface area contributed by atoms with Crippen LogP contribution in [0.5, 0.6) is 5.75 Å². The molecule has 0 fully saturated rings. The fourth-order valence-corrected chi connectivity index (χ4v) is 3.89. The van der Waals surface area contributed by atoms with Crippen molar-refractivity contribution in [2.75, 3.05) is 24.2 Å². The molecule has 1 heterocycles. The first kappa shape index (κ1) is 17.8. The molecule has 2 aromatic carbocycles. The van der Waals surface area contributed by atoms with Crippen molar-refractivity contribution in [3.63, 3.8) is 0 Å². The van der Waals surface area contributed by atoms with Gasteiger partial charge in [0, 0.05) is 12.3 Å². The van der Waals surface area contributed by atoms with Gasteiger partial charge in [0.2, 0.25) is 5.13 Å². The van der Waals surface area contributed by atoms with Gasteiger partial charge in [0.05, 0.1) is 6.61 Å². The van der Waals surface area contributed by atoms with Gasteiger partial charge in [-0.15, -0.1) is 10.2 Å². The summed E-state index contributed by atoms with van der Waals surface area (Å²) in [6.45, 7) is 3.59. The van der Waals surface area contributed by atoms with Crippen LogP contribution in [0.3, 0.4) is 0 Å². The molecule has 0 atom stereocenters. The Morgan fingerprint density at radius 2 is 1.84 bits per heavy atom. The van der Waals surface area contributed by atoms with Crippen LogP contribution in [0.25, 0.3) is 0 Å². The van der Waals surface area contributed by atoms with E-state index in [1.165, 1.54) is 11.1 Å². The zero-order valence-corrected chi connectivity index (χ0v) is 15.8. The molecule has 0 aliphatic rings. The molecule has 3 rings (SSSR count). The van der Waals surface area contributed by atoms with Crippen molar-refractivity contribution in [1.82, 2.24) is 10.2 Å². The Morgan fingerprint density at radius 3 is 2.64 bits per heavy atom. The Hall–Kier alpha value is -2.05. The molecular weight excluding hydrogens is 350 g/mol. The van der Waals surface area contributed by atoms with Crippen molar-refractivity contribution < 1.29 is 4.74 Å². The summed E-state index contributed by atoms with van der Waals surface area (Å²) >= 11 is 3.26. The average Bonchev–Trinajstić information content (AvgIpc) is 3.09. The minimum atomic E-state index is 0.657. The van der Waals surface area contributed by atoms with Gasteiger partial charge in [0.1, 0.15) is 5.75 Å². The molecule has 130 valence electrons. The predicted octanol–water partition coefficient (Wildman–Crippen LogP) is 4.67. The summed E-state index contributed by atoms with van der Waals surface area (Å²) in [6, 6.07) is 18.5. The van der Waals surface area contributed by atoms with Gasteiger partial charge in [-0.2, -0.15) is 0 Å². The number of thioether (sulfide) groups is 1. The molecule has 0 unspecified atom stereocenters. The number of nitrogens with zero attached hydrogens (tertiary/aromatic N) is 2. The monoisotopic (exact) mass is 371 g/mol. The van der Waals surface area contributed by atoms with E-state index in [4.69, 9.17) is 4.74 Å². The lowest BCUT2D eigenvalue weighted by atomic mass is 10.2. The molecule has 0 spiro atoms. The Kier molecular flexibility index (Phi) is 6.71. The minimum Gasteiger partial charge on any atom is -0.493 e. The van der Waals surface area contributed by atoms with Crippen LogP contribution in [0.1, 0.15) is 11.1 Å². The zero-order chi connectivity index (χ0) is 17.3. The Labute approximate surface area is 156 Å². The summed E-state index contributed by atoms with van der Waals surface area (Å²) in [5.41, 5.74) is 2.56. The van der Waals surface area contributed by atoms with E-state index in [-0.39, 0.29) is 0 Å². The van der Waals surface area contributed by atoms with Gasteiger partial charge in [-0.25, -0.2) is 0 Å². The van der Waals surface area contributed by atoms with Gasteiger partial charge >= 0.3 is 0 Å². The molecule has 0 saturated carbocycles. The fraction of sp³-hybridized carbons (Fsp3) is 0.263. The Balaban J connectivity index is 1.34. The number of rotatable bonds is 9. The van der Waals surface area contributed by atoms with Crippen molar-refractivity contribution in [2.45, 2.75) is 17.7 Å². The third-order valence-electron chi connectivity index (χ3n) is 3.54. The maximum Gasteiger partial charge on any atom is 0.206 e. The fourth-order valence-electron chi connectivity index (χ4n) is 2.22. The van der Waals surface area contributed by atoms with Crippen molar-refractivity contribution in [2.24, 2.45) is 0 Å². The highest BCUT2D eigenvalue weighted by atomic mass is 32.2. The molecule has 0 radical (unpaired) electrons. The lowest BCUT2D eigenvalue weighted by Crippen LogP contribution is -2.04. The molecule has 0 saturated heterocycles. The normalized spacial score (nSPS) is 10.6. The minimum absolute atomic E-state index is 0.657. The van der Waals surface area contributed by atoms with E-state index >= 15 is 0 Å². The molecule has 1 N–H and O–H groups in total. The van der Waals surface area contributed by atoms with E-state index in [1.807, 2.05) is 18.2 Å². The summed E-state index contributed by atoms with van der Waals surface area (Å²) in [5.74, 6) is 1.76. The third kappa shape index (κ3) is 6.07. The topological polar surface area (TPSA) is 47.0 Å². The summed E-state index contributed by atoms with van der Waals surface area (Å²) in [5, 5.41) is 12.6. The summed E-state index contributed by atoms with van der Waals surface area (Å²) in [6.07, 6.45) is 0.979. The summed E-state index contributed by atoms with van der Waals surface area (Å²) in [7, 11) is 0. The quantitative estimate of drug-likeness (QED) is 0.437. The highest BCUT2D eigenvalue weighted by Gasteiger charge is 2.04. The van der Waals surface area contributed by atoms with Crippen LogP contribution in [-0.2, 0) is 6.42 Å². The Morgan fingerprint density at radius 1 is 1.04 bits per heavy atom. The van der Waals surface area contributed by atoms with Crippen molar-refractivity contribution >= 4 is 28.2 Å². The first-order valence-electron chi connectivity index (χ1n) is 8.23. The lowest BCUT2D eigenvalue weighted by Gasteiger charge is -2.05. The predicted molar refractivity (Wildman–Crippen MR) is 106 cm³/mol. The number of ether oxygens (including phenoxy) is 1. The summed E-state index contributed by atoms with van der Waals surface area (Å²) in [4.78, 5) is 0. The van der Waals surface area contributed by atoms with Crippen LogP contribution in [0.15, 0.2) is 58.9 Å². The van der Waals surface area contributed by atoms with E-state index in [0.717, 1.165) is 33.9 Å². The molecule has 0 bridgehead atoms.